The van der Waals surface area contributed by atoms with Gasteiger partial charge in [0.2, 0.25) is 0 Å². The zero-order valence-corrected chi connectivity index (χ0v) is 30.4. The molecule has 0 saturated carbocycles. The summed E-state index contributed by atoms with van der Waals surface area (Å²) in [5, 5.41) is 4.65. The van der Waals surface area contributed by atoms with E-state index in [0.717, 1.165) is 61.3 Å². The lowest BCUT2D eigenvalue weighted by atomic mass is 9.96. The molecule has 4 heteroatoms. The first-order valence-corrected chi connectivity index (χ1v) is 19.0. The number of rotatable bonds is 6. The minimum Gasteiger partial charge on any atom is -0.309 e. The Balaban J connectivity index is 1.07. The molecular formula is C52H34N4. The van der Waals surface area contributed by atoms with Crippen molar-refractivity contribution >= 4 is 43.7 Å². The predicted octanol–water partition coefficient (Wildman–Crippen LogP) is 13.3. The molecule has 0 saturated heterocycles. The van der Waals surface area contributed by atoms with E-state index >= 15 is 0 Å². The van der Waals surface area contributed by atoms with Crippen LogP contribution in [-0.2, 0) is 0 Å². The molecule has 11 rings (SSSR count). The van der Waals surface area contributed by atoms with Crippen molar-refractivity contribution in [2.75, 3.05) is 0 Å². The highest BCUT2D eigenvalue weighted by atomic mass is 15.1. The van der Waals surface area contributed by atoms with Gasteiger partial charge in [-0.25, -0.2) is 9.97 Å². The fourth-order valence-corrected chi connectivity index (χ4v) is 8.35. The molecule has 8 aromatic carbocycles. The predicted molar refractivity (Wildman–Crippen MR) is 232 cm³/mol. The van der Waals surface area contributed by atoms with Crippen LogP contribution in [0.1, 0.15) is 0 Å². The molecule has 0 spiro atoms. The molecule has 11 aromatic rings. The molecule has 0 fully saturated rings. The third kappa shape index (κ3) is 5.23. The van der Waals surface area contributed by atoms with Crippen LogP contribution in [0.2, 0.25) is 0 Å². The van der Waals surface area contributed by atoms with Gasteiger partial charge in [-0.15, -0.1) is 0 Å². The van der Waals surface area contributed by atoms with Gasteiger partial charge >= 0.3 is 0 Å². The van der Waals surface area contributed by atoms with Gasteiger partial charge in [-0.1, -0.05) is 146 Å². The highest BCUT2D eigenvalue weighted by Crippen LogP contribution is 2.40. The molecule has 0 aliphatic rings. The third-order valence-electron chi connectivity index (χ3n) is 10.9. The Morgan fingerprint density at radius 3 is 1.46 bits per heavy atom. The van der Waals surface area contributed by atoms with Gasteiger partial charge < -0.3 is 4.57 Å². The average molecular weight is 715 g/mol. The van der Waals surface area contributed by atoms with Crippen molar-refractivity contribution in [3.63, 3.8) is 0 Å². The molecule has 0 unspecified atom stereocenters. The Morgan fingerprint density at radius 2 is 0.786 bits per heavy atom. The van der Waals surface area contributed by atoms with E-state index < -0.39 is 0 Å². The van der Waals surface area contributed by atoms with Crippen LogP contribution < -0.4 is 0 Å². The van der Waals surface area contributed by atoms with Crippen LogP contribution in [0.25, 0.3) is 100 Å². The van der Waals surface area contributed by atoms with Crippen molar-refractivity contribution in [1.82, 2.24) is 19.1 Å². The topological polar surface area (TPSA) is 35.6 Å². The monoisotopic (exact) mass is 714 g/mol. The van der Waals surface area contributed by atoms with E-state index in [2.05, 4.69) is 197 Å². The Hall–Kier alpha value is -7.56. The van der Waals surface area contributed by atoms with Gasteiger partial charge in [0, 0.05) is 38.7 Å². The Bertz CT molecular complexity index is 3230. The van der Waals surface area contributed by atoms with E-state index in [4.69, 9.17) is 9.97 Å². The summed E-state index contributed by atoms with van der Waals surface area (Å²) in [5.41, 5.74) is 14.2. The molecule has 0 N–H and O–H groups in total. The molecule has 4 nitrogen and oxygen atoms in total. The van der Waals surface area contributed by atoms with Gasteiger partial charge in [0.15, 0.2) is 5.82 Å². The maximum atomic E-state index is 5.35. The minimum atomic E-state index is 0.699. The summed E-state index contributed by atoms with van der Waals surface area (Å²) in [4.78, 5) is 10.6. The Morgan fingerprint density at radius 1 is 0.304 bits per heavy atom. The highest BCUT2D eigenvalue weighted by Gasteiger charge is 2.21. The summed E-state index contributed by atoms with van der Waals surface area (Å²) >= 11 is 0. The first kappa shape index (κ1) is 31.9. The van der Waals surface area contributed by atoms with Gasteiger partial charge in [0.25, 0.3) is 0 Å². The number of aromatic nitrogens is 4. The van der Waals surface area contributed by atoms with Crippen molar-refractivity contribution in [3.05, 3.63) is 206 Å². The SMILES string of the molecule is c1ccc(-c2nc(-c3cccc(-c4cccc(-c5ccc6c(c5)c5ccccc5n6-c5ccccc5)c4)c3)c3c4ccccc4n(-c4ccccc4)c3n2)cc1. The lowest BCUT2D eigenvalue weighted by molar-refractivity contribution is 1.11. The van der Waals surface area contributed by atoms with E-state index in [9.17, 15) is 0 Å². The van der Waals surface area contributed by atoms with Crippen molar-refractivity contribution in [3.8, 4) is 56.3 Å². The second-order valence-electron chi connectivity index (χ2n) is 14.2. The van der Waals surface area contributed by atoms with Crippen LogP contribution in [0.3, 0.4) is 0 Å². The molecule has 0 amide bonds. The average Bonchev–Trinajstić information content (AvgIpc) is 3.80. The maximum absolute atomic E-state index is 5.35. The summed E-state index contributed by atoms with van der Waals surface area (Å²) in [7, 11) is 0. The maximum Gasteiger partial charge on any atom is 0.162 e. The lowest BCUT2D eigenvalue weighted by Crippen LogP contribution is -1.99. The summed E-state index contributed by atoms with van der Waals surface area (Å²) < 4.78 is 4.63. The number of para-hydroxylation sites is 4. The number of fused-ring (bicyclic) bond motifs is 6. The van der Waals surface area contributed by atoms with Gasteiger partial charge in [-0.2, -0.15) is 0 Å². The van der Waals surface area contributed by atoms with Crippen LogP contribution in [0, 0.1) is 0 Å². The quantitative estimate of drug-likeness (QED) is 0.172. The smallest absolute Gasteiger partial charge is 0.162 e. The summed E-state index contributed by atoms with van der Waals surface area (Å²) in [5.74, 6) is 0.699. The van der Waals surface area contributed by atoms with Crippen LogP contribution in [0.5, 0.6) is 0 Å². The van der Waals surface area contributed by atoms with E-state index in [1.807, 2.05) is 18.2 Å². The number of hydrogen-bond acceptors (Lipinski definition) is 2. The second-order valence-corrected chi connectivity index (χ2v) is 14.2. The van der Waals surface area contributed by atoms with E-state index in [1.165, 1.54) is 32.9 Å². The van der Waals surface area contributed by atoms with Crippen LogP contribution in [0.15, 0.2) is 206 Å². The molecule has 56 heavy (non-hydrogen) atoms. The summed E-state index contributed by atoms with van der Waals surface area (Å²) in [6, 6.07) is 73.2. The Kier molecular flexibility index (Phi) is 7.46. The molecule has 262 valence electrons. The van der Waals surface area contributed by atoms with Crippen molar-refractivity contribution < 1.29 is 0 Å². The number of benzene rings is 8. The van der Waals surface area contributed by atoms with E-state index in [0.29, 0.717) is 5.82 Å². The first-order valence-electron chi connectivity index (χ1n) is 19.0. The standard InChI is InChI=1S/C52H34N4/c1-4-16-35(17-5-1)51-53-50(49-44-27-11-13-29-47(44)56(52(49)54-51)42-24-8-3-9-25-42)40-21-15-20-38(33-40)36-18-14-19-37(32-36)39-30-31-48-45(34-39)43-26-10-12-28-46(43)55(48)41-22-6-2-7-23-41/h1-34H. The first-order chi connectivity index (χ1) is 27.8. The lowest BCUT2D eigenvalue weighted by Gasteiger charge is -2.12. The van der Waals surface area contributed by atoms with Gasteiger partial charge in [-0.3, -0.25) is 4.57 Å². The molecule has 3 heterocycles. The molecule has 3 aromatic heterocycles. The molecular weight excluding hydrogens is 681 g/mol. The van der Waals surface area contributed by atoms with E-state index in [1.54, 1.807) is 0 Å². The van der Waals surface area contributed by atoms with Crippen molar-refractivity contribution in [2.24, 2.45) is 0 Å². The normalized spacial score (nSPS) is 11.6. The van der Waals surface area contributed by atoms with E-state index in [-0.39, 0.29) is 0 Å². The van der Waals surface area contributed by atoms with Crippen molar-refractivity contribution in [2.45, 2.75) is 0 Å². The van der Waals surface area contributed by atoms with Crippen LogP contribution in [0.4, 0.5) is 0 Å². The van der Waals surface area contributed by atoms with Gasteiger partial charge in [-0.05, 0) is 82.9 Å². The largest absolute Gasteiger partial charge is 0.309 e. The second kappa shape index (κ2) is 13.1. The minimum absolute atomic E-state index is 0.699. The molecule has 0 aliphatic heterocycles. The summed E-state index contributed by atoms with van der Waals surface area (Å²) in [6.07, 6.45) is 0. The molecule has 0 bridgehead atoms. The fraction of sp³-hybridized carbons (Fsp3) is 0. The highest BCUT2D eigenvalue weighted by molar-refractivity contribution is 6.14. The van der Waals surface area contributed by atoms with Crippen LogP contribution in [-0.4, -0.2) is 19.1 Å². The molecule has 0 atom stereocenters. The van der Waals surface area contributed by atoms with Crippen molar-refractivity contribution in [1.29, 1.82) is 0 Å². The van der Waals surface area contributed by atoms with Gasteiger partial charge in [0.1, 0.15) is 5.65 Å². The Labute approximate surface area is 324 Å². The zero-order valence-electron chi connectivity index (χ0n) is 30.4. The number of hydrogen-bond donors (Lipinski definition) is 0. The molecule has 0 aliphatic carbocycles. The third-order valence-corrected chi connectivity index (χ3v) is 10.9. The molecule has 0 radical (unpaired) electrons. The summed E-state index contributed by atoms with van der Waals surface area (Å²) in [6.45, 7) is 0. The number of nitrogens with zero attached hydrogens (tertiary/aromatic N) is 4. The van der Waals surface area contributed by atoms with Gasteiger partial charge in [0.05, 0.1) is 27.6 Å². The fourth-order valence-electron chi connectivity index (χ4n) is 8.35. The van der Waals surface area contributed by atoms with Crippen LogP contribution >= 0.6 is 0 Å². The zero-order chi connectivity index (χ0) is 37.0.